The summed E-state index contributed by atoms with van der Waals surface area (Å²) in [6.07, 6.45) is 0. The van der Waals surface area contributed by atoms with E-state index in [1.807, 2.05) is 12.6 Å². The van der Waals surface area contributed by atoms with E-state index in [0.29, 0.717) is 51.5 Å². The molecule has 0 aliphatic heterocycles. The Morgan fingerprint density at radius 3 is 2.55 bits per heavy atom. The standard InChI is InChI=1S/C8H6O2.Ba/c1-6-4-2-3-5-7(6)8(9)10;/h1-5H,(H,9,10);. The predicted molar refractivity (Wildman–Crippen MR) is 44.3 cm³/mol. The van der Waals surface area contributed by atoms with E-state index in [4.69, 9.17) is 5.11 Å². The zero-order chi connectivity index (χ0) is 8.27. The van der Waals surface area contributed by atoms with Crippen LogP contribution in [0, 0.1) is 0 Å². The molecule has 0 atom stereocenters. The van der Waals surface area contributed by atoms with Gasteiger partial charge in [-0.15, -0.1) is 0 Å². The minimum absolute atomic E-state index is 0.405. The van der Waals surface area contributed by atoms with Gasteiger partial charge in [0.15, 0.2) is 0 Å². The van der Waals surface area contributed by atoms with Crippen molar-refractivity contribution >= 4 is 52.4 Å². The van der Waals surface area contributed by atoms with Gasteiger partial charge in [0.25, 0.3) is 0 Å². The van der Waals surface area contributed by atoms with Crippen LogP contribution in [0.5, 0.6) is 0 Å². The summed E-state index contributed by atoms with van der Waals surface area (Å²) in [4.78, 5) is 10.6. The van der Waals surface area contributed by atoms with Gasteiger partial charge >= 0.3 is 97.7 Å². The van der Waals surface area contributed by atoms with E-state index in [-0.39, 0.29) is 0 Å². The van der Waals surface area contributed by atoms with Crippen molar-refractivity contribution < 1.29 is 9.90 Å². The summed E-state index contributed by atoms with van der Waals surface area (Å²) in [5, 5.41) is 8.70. The second-order valence-corrected chi connectivity index (χ2v) is 3.38. The topological polar surface area (TPSA) is 37.3 Å². The van der Waals surface area contributed by atoms with Crippen molar-refractivity contribution in [1.29, 1.82) is 0 Å². The summed E-state index contributed by atoms with van der Waals surface area (Å²) in [7, 11) is 0. The Balaban J connectivity index is 3.22. The van der Waals surface area contributed by atoms with Gasteiger partial charge in [0, 0.05) is 0 Å². The number of carboxylic acids is 1. The number of hydrogen-bond acceptors (Lipinski definition) is 1. The van der Waals surface area contributed by atoms with Gasteiger partial charge in [-0.2, -0.15) is 0 Å². The third-order valence-corrected chi connectivity index (χ3v) is 2.79. The molecule has 3 heteroatoms. The molecule has 0 aliphatic rings. The van der Waals surface area contributed by atoms with Crippen LogP contribution in [-0.2, 0) is 0 Å². The average Bonchev–Trinajstić information content (AvgIpc) is 2.04. The van der Waals surface area contributed by atoms with Crippen molar-refractivity contribution in [2.75, 3.05) is 0 Å². The van der Waals surface area contributed by atoms with Gasteiger partial charge in [-0.25, -0.2) is 0 Å². The molecule has 1 aromatic carbocycles. The SMILES string of the molecule is O=C(O)c1ccccc1[CH]=[Ba]. The fourth-order valence-corrected chi connectivity index (χ4v) is 1.99. The maximum absolute atomic E-state index is 10.6. The van der Waals surface area contributed by atoms with Crippen LogP contribution in [0.1, 0.15) is 15.9 Å². The molecule has 2 nitrogen and oxygen atoms in total. The van der Waals surface area contributed by atoms with E-state index in [9.17, 15) is 4.79 Å². The van der Waals surface area contributed by atoms with E-state index in [2.05, 4.69) is 0 Å². The molecule has 52 valence electrons. The van der Waals surface area contributed by atoms with Crippen molar-refractivity contribution in [2.45, 2.75) is 0 Å². The fraction of sp³-hybridized carbons (Fsp3) is 0. The zero-order valence-corrected chi connectivity index (χ0v) is 10.4. The van der Waals surface area contributed by atoms with Gasteiger partial charge in [-0.05, 0) is 0 Å². The van der Waals surface area contributed by atoms with Gasteiger partial charge in [-0.3, -0.25) is 0 Å². The molecule has 0 amide bonds. The minimum atomic E-state index is -0.845. The van der Waals surface area contributed by atoms with Crippen LogP contribution in [0.4, 0.5) is 0 Å². The number of carboxylic acid groups (broad SMARTS) is 1. The molecule has 0 unspecified atom stereocenters. The molecule has 0 spiro atoms. The second kappa shape index (κ2) is 4.23. The van der Waals surface area contributed by atoms with Gasteiger partial charge in [0.2, 0.25) is 0 Å². The predicted octanol–water partition coefficient (Wildman–Crippen LogP) is 0.704. The van der Waals surface area contributed by atoms with Gasteiger partial charge in [-0.1, -0.05) is 0 Å². The Labute approximate surface area is 96.3 Å². The number of hydrogen-bond donors (Lipinski definition) is 1. The third-order valence-electron chi connectivity index (χ3n) is 1.41. The first kappa shape index (κ1) is 9.22. The summed E-state index contributed by atoms with van der Waals surface area (Å²) in [6.45, 7) is 0. The molecule has 11 heavy (non-hydrogen) atoms. The summed E-state index contributed by atoms with van der Waals surface area (Å²) in [5.74, 6) is -0.845. The summed E-state index contributed by atoms with van der Waals surface area (Å²) < 4.78 is 1.98. The first-order chi connectivity index (χ1) is 5.25. The molecule has 0 fully saturated rings. The molecule has 0 saturated carbocycles. The summed E-state index contributed by atoms with van der Waals surface area (Å²) in [6, 6.07) is 7.05. The molecule has 1 rings (SSSR count). The van der Waals surface area contributed by atoms with Crippen molar-refractivity contribution in [2.24, 2.45) is 0 Å². The number of rotatable bonds is 2. The summed E-state index contributed by atoms with van der Waals surface area (Å²) in [5.41, 5.74) is 1.26. The molecule has 1 aromatic rings. The zero-order valence-electron chi connectivity index (χ0n) is 5.95. The summed E-state index contributed by atoms with van der Waals surface area (Å²) >= 11 is 0.507. The van der Waals surface area contributed by atoms with Crippen molar-refractivity contribution in [3.63, 3.8) is 0 Å². The average molecular weight is 271 g/mol. The Morgan fingerprint density at radius 1 is 1.45 bits per heavy atom. The van der Waals surface area contributed by atoms with Crippen LogP contribution >= 0.6 is 0 Å². The van der Waals surface area contributed by atoms with Crippen molar-refractivity contribution in [3.05, 3.63) is 35.4 Å². The fourth-order valence-electron chi connectivity index (χ4n) is 0.870. The Kier molecular flexibility index (Phi) is 3.55. The van der Waals surface area contributed by atoms with Crippen LogP contribution in [0.25, 0.3) is 0 Å². The quantitative estimate of drug-likeness (QED) is 0.804. The van der Waals surface area contributed by atoms with Crippen molar-refractivity contribution in [1.82, 2.24) is 0 Å². The molecule has 0 radical (unpaired) electrons. The molecule has 0 heterocycles. The van der Waals surface area contributed by atoms with E-state index in [1.165, 1.54) is 0 Å². The molecular weight excluding hydrogens is 265 g/mol. The number of benzene rings is 1. The van der Waals surface area contributed by atoms with E-state index in [1.54, 1.807) is 12.1 Å². The monoisotopic (exact) mass is 272 g/mol. The van der Waals surface area contributed by atoms with Gasteiger partial charge < -0.3 is 0 Å². The molecule has 0 saturated heterocycles. The van der Waals surface area contributed by atoms with Gasteiger partial charge in [0.1, 0.15) is 0 Å². The first-order valence-corrected chi connectivity index (χ1v) is 5.77. The van der Waals surface area contributed by atoms with Crippen LogP contribution in [0.3, 0.4) is 0 Å². The Bertz CT molecular complexity index is 294. The number of aromatic carboxylic acids is 1. The molecule has 1 N–H and O–H groups in total. The molecule has 0 aliphatic carbocycles. The van der Waals surface area contributed by atoms with E-state index >= 15 is 0 Å². The van der Waals surface area contributed by atoms with Crippen LogP contribution in [0.2, 0.25) is 0 Å². The third kappa shape index (κ3) is 2.28. The van der Waals surface area contributed by atoms with Crippen LogP contribution in [0.15, 0.2) is 24.3 Å². The Morgan fingerprint density at radius 2 is 2.09 bits per heavy atom. The van der Waals surface area contributed by atoms with E-state index in [0.717, 1.165) is 5.56 Å². The van der Waals surface area contributed by atoms with Crippen molar-refractivity contribution in [3.8, 4) is 0 Å². The second-order valence-electron chi connectivity index (χ2n) is 2.10. The molecular formula is C8H6BaO2. The van der Waals surface area contributed by atoms with E-state index < -0.39 is 5.97 Å². The van der Waals surface area contributed by atoms with Gasteiger partial charge in [0.05, 0.1) is 0 Å². The van der Waals surface area contributed by atoms with Crippen LogP contribution < -0.4 is 0 Å². The number of carbonyl (C=O) groups is 1. The maximum atomic E-state index is 10.6. The first-order valence-electron chi connectivity index (χ1n) is 3.20. The molecule has 0 bridgehead atoms. The molecule has 0 aromatic heterocycles. The van der Waals surface area contributed by atoms with Crippen LogP contribution in [-0.4, -0.2) is 57.5 Å². The Hall–Kier alpha value is 0.131. The normalized spacial score (nSPS) is 9.27.